The maximum absolute atomic E-state index is 12.0. The van der Waals surface area contributed by atoms with Gasteiger partial charge in [-0.05, 0) is 35.6 Å². The van der Waals surface area contributed by atoms with E-state index < -0.39 is 0 Å². The summed E-state index contributed by atoms with van der Waals surface area (Å²) in [5.41, 5.74) is 5.11. The number of carbonyl (C=O) groups is 2. The van der Waals surface area contributed by atoms with Gasteiger partial charge in [-0.15, -0.1) is 0 Å². The van der Waals surface area contributed by atoms with E-state index in [-0.39, 0.29) is 17.7 Å². The molecule has 3 aromatic rings. The SMILES string of the molecule is CNC(=O)c1ccc(C(CNc2cc(-c3ccc4c(c3)NC(=O)C4)ncn2)CSC)c(OC)c1. The lowest BCUT2D eigenvalue weighted by atomic mass is 9.97. The monoisotopic (exact) mass is 477 g/mol. The van der Waals surface area contributed by atoms with Crippen LogP contribution in [-0.4, -0.2) is 54.5 Å². The molecule has 1 aromatic heterocycles. The van der Waals surface area contributed by atoms with E-state index in [0.29, 0.717) is 30.1 Å². The van der Waals surface area contributed by atoms with Crippen LogP contribution in [0.25, 0.3) is 11.3 Å². The van der Waals surface area contributed by atoms with Crippen LogP contribution < -0.4 is 20.7 Å². The van der Waals surface area contributed by atoms with Crippen molar-refractivity contribution in [3.05, 3.63) is 65.5 Å². The fraction of sp³-hybridized carbons (Fsp3) is 0.280. The number of nitrogens with one attached hydrogen (secondary N) is 3. The number of amides is 2. The summed E-state index contributed by atoms with van der Waals surface area (Å²) in [5.74, 6) is 2.26. The fourth-order valence-electron chi connectivity index (χ4n) is 4.01. The molecule has 0 spiro atoms. The van der Waals surface area contributed by atoms with E-state index in [9.17, 15) is 9.59 Å². The predicted molar refractivity (Wildman–Crippen MR) is 136 cm³/mol. The van der Waals surface area contributed by atoms with Crippen LogP contribution in [0.2, 0.25) is 0 Å². The molecule has 0 radical (unpaired) electrons. The van der Waals surface area contributed by atoms with Gasteiger partial charge in [-0.25, -0.2) is 9.97 Å². The average molecular weight is 478 g/mol. The van der Waals surface area contributed by atoms with Crippen LogP contribution in [0.3, 0.4) is 0 Å². The number of aromatic nitrogens is 2. The normalized spacial score (nSPS) is 13.1. The number of rotatable bonds is 9. The number of ether oxygens (including phenoxy) is 1. The van der Waals surface area contributed by atoms with Crippen LogP contribution in [0.15, 0.2) is 48.8 Å². The van der Waals surface area contributed by atoms with Crippen molar-refractivity contribution < 1.29 is 14.3 Å². The van der Waals surface area contributed by atoms with Gasteiger partial charge >= 0.3 is 0 Å². The molecule has 1 atom stereocenters. The molecule has 34 heavy (non-hydrogen) atoms. The van der Waals surface area contributed by atoms with Gasteiger partial charge < -0.3 is 20.7 Å². The smallest absolute Gasteiger partial charge is 0.251 e. The van der Waals surface area contributed by atoms with Gasteiger partial charge in [-0.1, -0.05) is 18.2 Å². The van der Waals surface area contributed by atoms with Gasteiger partial charge in [0.05, 0.1) is 19.2 Å². The van der Waals surface area contributed by atoms with Crippen molar-refractivity contribution in [3.63, 3.8) is 0 Å². The summed E-state index contributed by atoms with van der Waals surface area (Å²) in [6.07, 6.45) is 4.01. The highest BCUT2D eigenvalue weighted by Crippen LogP contribution is 2.31. The Morgan fingerprint density at radius 1 is 1.21 bits per heavy atom. The van der Waals surface area contributed by atoms with E-state index in [1.54, 1.807) is 32.0 Å². The molecule has 0 bridgehead atoms. The number of methoxy groups -OCH3 is 1. The molecule has 2 amide bonds. The number of benzene rings is 2. The van der Waals surface area contributed by atoms with Crippen LogP contribution >= 0.6 is 11.8 Å². The van der Waals surface area contributed by atoms with Crippen LogP contribution in [0, 0.1) is 0 Å². The third-order valence-electron chi connectivity index (χ3n) is 5.76. The van der Waals surface area contributed by atoms with Crippen molar-refractivity contribution in [2.75, 3.05) is 43.3 Å². The summed E-state index contributed by atoms with van der Waals surface area (Å²) in [6, 6.07) is 13.3. The van der Waals surface area contributed by atoms with Gasteiger partial charge in [-0.3, -0.25) is 9.59 Å². The molecular formula is C25H27N5O3S. The van der Waals surface area contributed by atoms with Gasteiger partial charge in [-0.2, -0.15) is 11.8 Å². The zero-order chi connectivity index (χ0) is 24.1. The van der Waals surface area contributed by atoms with Crippen LogP contribution in [0.4, 0.5) is 11.5 Å². The summed E-state index contributed by atoms with van der Waals surface area (Å²) in [6.45, 7) is 0.632. The van der Waals surface area contributed by atoms with Crippen LogP contribution in [0.5, 0.6) is 5.75 Å². The minimum absolute atomic E-state index is 0.0100. The highest BCUT2D eigenvalue weighted by Gasteiger charge is 2.20. The minimum Gasteiger partial charge on any atom is -0.496 e. The number of fused-ring (bicyclic) bond motifs is 1. The van der Waals surface area contributed by atoms with Gasteiger partial charge in [0.15, 0.2) is 0 Å². The summed E-state index contributed by atoms with van der Waals surface area (Å²) in [5, 5.41) is 8.95. The lowest BCUT2D eigenvalue weighted by Crippen LogP contribution is -2.19. The molecule has 1 unspecified atom stereocenters. The van der Waals surface area contributed by atoms with Gasteiger partial charge in [0.1, 0.15) is 17.9 Å². The Bertz CT molecular complexity index is 1220. The van der Waals surface area contributed by atoms with Crippen LogP contribution in [0.1, 0.15) is 27.4 Å². The zero-order valence-electron chi connectivity index (χ0n) is 19.3. The highest BCUT2D eigenvalue weighted by molar-refractivity contribution is 7.98. The Hall–Kier alpha value is -3.59. The molecule has 8 nitrogen and oxygen atoms in total. The van der Waals surface area contributed by atoms with E-state index in [0.717, 1.165) is 33.8 Å². The predicted octanol–water partition coefficient (Wildman–Crippen LogP) is 3.57. The molecule has 0 saturated carbocycles. The number of anilines is 2. The Morgan fingerprint density at radius 3 is 2.82 bits per heavy atom. The zero-order valence-corrected chi connectivity index (χ0v) is 20.2. The summed E-state index contributed by atoms with van der Waals surface area (Å²) >= 11 is 1.74. The second-order valence-corrected chi connectivity index (χ2v) is 8.87. The number of hydrogen-bond donors (Lipinski definition) is 3. The molecule has 1 aliphatic rings. The quantitative estimate of drug-likeness (QED) is 0.433. The molecule has 0 saturated heterocycles. The summed E-state index contributed by atoms with van der Waals surface area (Å²) in [7, 11) is 3.23. The summed E-state index contributed by atoms with van der Waals surface area (Å²) < 4.78 is 5.61. The number of carbonyl (C=O) groups excluding carboxylic acids is 2. The van der Waals surface area contributed by atoms with Gasteiger partial charge in [0, 0.05) is 48.1 Å². The Labute approximate surface area is 202 Å². The molecule has 2 heterocycles. The lowest BCUT2D eigenvalue weighted by Gasteiger charge is -2.21. The third kappa shape index (κ3) is 5.14. The molecule has 1 aliphatic heterocycles. The molecule has 3 N–H and O–H groups in total. The van der Waals surface area contributed by atoms with E-state index in [4.69, 9.17) is 4.74 Å². The average Bonchev–Trinajstić information content (AvgIpc) is 3.25. The number of thioether (sulfide) groups is 1. The van der Waals surface area contributed by atoms with Crippen LogP contribution in [-0.2, 0) is 11.2 Å². The number of nitrogens with zero attached hydrogens (tertiary/aromatic N) is 2. The Balaban J connectivity index is 1.52. The van der Waals surface area contributed by atoms with Crippen molar-refractivity contribution in [2.24, 2.45) is 0 Å². The van der Waals surface area contributed by atoms with Gasteiger partial charge in [0.25, 0.3) is 5.91 Å². The first kappa shape index (κ1) is 23.6. The van der Waals surface area contributed by atoms with E-state index in [1.807, 2.05) is 36.4 Å². The minimum atomic E-state index is -0.149. The van der Waals surface area contributed by atoms with Crippen molar-refractivity contribution >= 4 is 35.1 Å². The largest absolute Gasteiger partial charge is 0.496 e. The first-order chi connectivity index (χ1) is 16.5. The van der Waals surface area contributed by atoms with E-state index in [2.05, 4.69) is 32.2 Å². The second kappa shape index (κ2) is 10.6. The molecule has 4 rings (SSSR count). The molecule has 9 heteroatoms. The lowest BCUT2D eigenvalue weighted by molar-refractivity contribution is -0.115. The molecular weight excluding hydrogens is 450 g/mol. The van der Waals surface area contributed by atoms with Crippen molar-refractivity contribution in [1.29, 1.82) is 0 Å². The standard InChI is InChI=1S/C25H27N5O3S/c1-26-25(32)17-6-7-19(22(9-17)33-2)18(13-34-3)12-27-23-11-20(28-14-29-23)15-4-5-16-10-24(31)30-21(16)8-15/h4-9,11,14,18H,10,12-13H2,1-3H3,(H,26,32)(H,30,31)(H,27,28,29). The van der Waals surface area contributed by atoms with E-state index >= 15 is 0 Å². The highest BCUT2D eigenvalue weighted by atomic mass is 32.2. The van der Waals surface area contributed by atoms with Crippen molar-refractivity contribution in [3.8, 4) is 17.0 Å². The van der Waals surface area contributed by atoms with Crippen molar-refractivity contribution in [1.82, 2.24) is 15.3 Å². The summed E-state index contributed by atoms with van der Waals surface area (Å²) in [4.78, 5) is 32.5. The maximum atomic E-state index is 12.0. The topological polar surface area (TPSA) is 105 Å². The molecule has 0 fully saturated rings. The van der Waals surface area contributed by atoms with Gasteiger partial charge in [0.2, 0.25) is 5.91 Å². The Kier molecular flexibility index (Phi) is 7.32. The Morgan fingerprint density at radius 2 is 2.06 bits per heavy atom. The maximum Gasteiger partial charge on any atom is 0.251 e. The number of hydrogen-bond acceptors (Lipinski definition) is 7. The molecule has 0 aliphatic carbocycles. The first-order valence-electron chi connectivity index (χ1n) is 10.9. The third-order valence-corrected chi connectivity index (χ3v) is 6.49. The first-order valence-corrected chi connectivity index (χ1v) is 12.3. The fourth-order valence-corrected chi connectivity index (χ4v) is 4.71. The molecule has 176 valence electrons. The second-order valence-electron chi connectivity index (χ2n) is 7.95. The van der Waals surface area contributed by atoms with E-state index in [1.165, 1.54) is 6.33 Å². The molecule has 2 aromatic carbocycles. The van der Waals surface area contributed by atoms with Crippen molar-refractivity contribution in [2.45, 2.75) is 12.3 Å².